The van der Waals surface area contributed by atoms with Crippen LogP contribution in [0.3, 0.4) is 0 Å². The van der Waals surface area contributed by atoms with Crippen LogP contribution in [0.25, 0.3) is 0 Å². The topological polar surface area (TPSA) is 96.9 Å². The Balaban J connectivity index is 2.09. The van der Waals surface area contributed by atoms with Gasteiger partial charge in [-0.2, -0.15) is 0 Å². The molecule has 0 aliphatic rings. The maximum absolute atomic E-state index is 12.9. The molecule has 174 valence electrons. The molecular weight excluding hydrogens is 408 g/mol. The average Bonchev–Trinajstić information content (AvgIpc) is 2.78. The monoisotopic (exact) mass is 442 g/mol. The standard InChI is InChI=1S/C25H34N2O5/c1-17(2)13-19-11-8-12-20(14-19)23(29)27-22(16-28)24(30)26-21(25(31-3)32-4)15-18-9-6-5-7-10-18/h5-12,14,17,21-22,25,28H,13,15-16H2,1-4H3,(H,26,30)(H,27,29)/t21?,22-/m0/s1. The van der Waals surface area contributed by atoms with E-state index < -0.39 is 36.8 Å². The molecule has 2 atom stereocenters. The first kappa shape index (κ1) is 25.5. The molecule has 0 radical (unpaired) electrons. The molecule has 2 aromatic rings. The summed E-state index contributed by atoms with van der Waals surface area (Å²) in [6, 6.07) is 15.3. The fourth-order valence-corrected chi connectivity index (χ4v) is 3.54. The third-order valence-corrected chi connectivity index (χ3v) is 5.06. The first-order valence-electron chi connectivity index (χ1n) is 10.8. The molecule has 0 saturated heterocycles. The molecule has 0 aliphatic heterocycles. The van der Waals surface area contributed by atoms with Crippen LogP contribution in [0, 0.1) is 5.92 Å². The quantitative estimate of drug-likeness (QED) is 0.439. The zero-order valence-corrected chi connectivity index (χ0v) is 19.2. The number of hydrogen-bond acceptors (Lipinski definition) is 5. The van der Waals surface area contributed by atoms with E-state index in [9.17, 15) is 14.7 Å². The van der Waals surface area contributed by atoms with Crippen molar-refractivity contribution in [3.8, 4) is 0 Å². The van der Waals surface area contributed by atoms with Crippen LogP contribution in [-0.4, -0.2) is 56.1 Å². The Kier molecular flexibility index (Phi) is 10.3. The molecule has 0 bridgehead atoms. The van der Waals surface area contributed by atoms with Crippen LogP contribution in [-0.2, 0) is 27.1 Å². The van der Waals surface area contributed by atoms with Crippen LogP contribution in [0.15, 0.2) is 54.6 Å². The molecular formula is C25H34N2O5. The van der Waals surface area contributed by atoms with Crippen molar-refractivity contribution in [1.29, 1.82) is 0 Å². The molecule has 2 amide bonds. The van der Waals surface area contributed by atoms with Gasteiger partial charge in [-0.05, 0) is 42.0 Å². The van der Waals surface area contributed by atoms with Crippen LogP contribution in [0.2, 0.25) is 0 Å². The first-order valence-corrected chi connectivity index (χ1v) is 10.8. The predicted molar refractivity (Wildman–Crippen MR) is 123 cm³/mol. The lowest BCUT2D eigenvalue weighted by atomic mass is 10.0. The van der Waals surface area contributed by atoms with Gasteiger partial charge < -0.3 is 25.2 Å². The minimum Gasteiger partial charge on any atom is -0.394 e. The number of aliphatic hydroxyl groups excluding tert-OH is 1. The first-order chi connectivity index (χ1) is 15.4. The lowest BCUT2D eigenvalue weighted by Crippen LogP contribution is -2.55. The molecule has 0 aromatic heterocycles. The summed E-state index contributed by atoms with van der Waals surface area (Å²) in [5.74, 6) is -0.473. The largest absolute Gasteiger partial charge is 0.394 e. The number of aliphatic hydroxyl groups is 1. The van der Waals surface area contributed by atoms with Crippen molar-refractivity contribution in [1.82, 2.24) is 10.6 Å². The normalized spacial score (nSPS) is 13.1. The second-order valence-corrected chi connectivity index (χ2v) is 8.15. The summed E-state index contributed by atoms with van der Waals surface area (Å²) in [6.07, 6.45) is 0.617. The van der Waals surface area contributed by atoms with E-state index in [1.165, 1.54) is 14.2 Å². The average molecular weight is 443 g/mol. The SMILES string of the molecule is COC(OC)C(Cc1ccccc1)NC(=O)[C@H](CO)NC(=O)c1cccc(CC(C)C)c1. The van der Waals surface area contributed by atoms with Crippen LogP contribution in [0.4, 0.5) is 0 Å². The molecule has 7 heteroatoms. The highest BCUT2D eigenvalue weighted by atomic mass is 16.7. The number of amides is 2. The van der Waals surface area contributed by atoms with Gasteiger partial charge in [-0.1, -0.05) is 56.3 Å². The number of benzene rings is 2. The van der Waals surface area contributed by atoms with Crippen LogP contribution < -0.4 is 10.6 Å². The summed E-state index contributed by atoms with van der Waals surface area (Å²) in [6.45, 7) is 3.68. The molecule has 32 heavy (non-hydrogen) atoms. The van der Waals surface area contributed by atoms with Crippen molar-refractivity contribution in [3.05, 3.63) is 71.3 Å². The molecule has 0 aliphatic carbocycles. The molecule has 3 N–H and O–H groups in total. The van der Waals surface area contributed by atoms with E-state index in [1.807, 2.05) is 48.5 Å². The van der Waals surface area contributed by atoms with Crippen LogP contribution >= 0.6 is 0 Å². The zero-order chi connectivity index (χ0) is 23.5. The van der Waals surface area contributed by atoms with Gasteiger partial charge in [0.1, 0.15) is 6.04 Å². The van der Waals surface area contributed by atoms with Gasteiger partial charge in [0.15, 0.2) is 6.29 Å². The summed E-state index contributed by atoms with van der Waals surface area (Å²) in [5, 5.41) is 15.3. The second kappa shape index (κ2) is 13.0. The number of nitrogens with one attached hydrogen (secondary N) is 2. The third kappa shape index (κ3) is 7.75. The van der Waals surface area contributed by atoms with E-state index in [1.54, 1.807) is 6.07 Å². The van der Waals surface area contributed by atoms with Gasteiger partial charge in [0, 0.05) is 19.8 Å². The third-order valence-electron chi connectivity index (χ3n) is 5.06. The molecule has 0 heterocycles. The second-order valence-electron chi connectivity index (χ2n) is 8.15. The molecule has 1 unspecified atom stereocenters. The Labute approximate surface area is 190 Å². The molecule has 0 saturated carbocycles. The van der Waals surface area contributed by atoms with E-state index >= 15 is 0 Å². The minimum atomic E-state index is -1.11. The lowest BCUT2D eigenvalue weighted by Gasteiger charge is -2.27. The fraction of sp³-hybridized carbons (Fsp3) is 0.440. The Hall–Kier alpha value is -2.74. The van der Waals surface area contributed by atoms with Gasteiger partial charge in [-0.3, -0.25) is 9.59 Å². The Bertz CT molecular complexity index is 852. The summed E-state index contributed by atoms with van der Waals surface area (Å²) in [7, 11) is 2.99. The maximum Gasteiger partial charge on any atom is 0.252 e. The van der Waals surface area contributed by atoms with Gasteiger partial charge in [0.05, 0.1) is 12.6 Å². The van der Waals surface area contributed by atoms with Crippen molar-refractivity contribution in [2.24, 2.45) is 5.92 Å². The smallest absolute Gasteiger partial charge is 0.252 e. The van der Waals surface area contributed by atoms with Crippen molar-refractivity contribution in [2.75, 3.05) is 20.8 Å². The number of hydrogen-bond donors (Lipinski definition) is 3. The fourth-order valence-electron chi connectivity index (χ4n) is 3.54. The summed E-state index contributed by atoms with van der Waals surface area (Å²) in [5.41, 5.74) is 2.48. The minimum absolute atomic E-state index is 0.417. The van der Waals surface area contributed by atoms with E-state index in [4.69, 9.17) is 9.47 Å². The summed E-state index contributed by atoms with van der Waals surface area (Å²) >= 11 is 0. The van der Waals surface area contributed by atoms with Gasteiger partial charge >= 0.3 is 0 Å². The van der Waals surface area contributed by atoms with E-state index in [0.29, 0.717) is 17.9 Å². The number of ether oxygens (including phenoxy) is 2. The van der Waals surface area contributed by atoms with Crippen LogP contribution in [0.5, 0.6) is 0 Å². The van der Waals surface area contributed by atoms with Crippen molar-refractivity contribution >= 4 is 11.8 Å². The molecule has 0 spiro atoms. The highest BCUT2D eigenvalue weighted by Crippen LogP contribution is 2.12. The van der Waals surface area contributed by atoms with E-state index in [2.05, 4.69) is 24.5 Å². The zero-order valence-electron chi connectivity index (χ0n) is 19.2. The highest BCUT2D eigenvalue weighted by molar-refractivity contribution is 5.97. The number of rotatable bonds is 12. The number of carbonyl (C=O) groups excluding carboxylic acids is 2. The molecule has 7 nitrogen and oxygen atoms in total. The van der Waals surface area contributed by atoms with Crippen LogP contribution in [0.1, 0.15) is 35.3 Å². The van der Waals surface area contributed by atoms with Gasteiger partial charge in [-0.25, -0.2) is 0 Å². The van der Waals surface area contributed by atoms with Gasteiger partial charge in [0.2, 0.25) is 5.91 Å². The van der Waals surface area contributed by atoms with E-state index in [-0.39, 0.29) is 0 Å². The van der Waals surface area contributed by atoms with Gasteiger partial charge in [-0.15, -0.1) is 0 Å². The van der Waals surface area contributed by atoms with Gasteiger partial charge in [0.25, 0.3) is 5.91 Å². The lowest BCUT2D eigenvalue weighted by molar-refractivity contribution is -0.139. The summed E-state index contributed by atoms with van der Waals surface area (Å²) in [4.78, 5) is 25.6. The predicted octanol–water partition coefficient (Wildman–Crippen LogP) is 2.32. The highest BCUT2D eigenvalue weighted by Gasteiger charge is 2.28. The van der Waals surface area contributed by atoms with Crippen molar-refractivity contribution < 1.29 is 24.2 Å². The van der Waals surface area contributed by atoms with Crippen molar-refractivity contribution in [2.45, 2.75) is 45.1 Å². The molecule has 2 rings (SSSR count). The number of carbonyl (C=O) groups is 2. The summed E-state index contributed by atoms with van der Waals surface area (Å²) < 4.78 is 10.7. The Morgan fingerprint density at radius 2 is 1.56 bits per heavy atom. The maximum atomic E-state index is 12.9. The molecule has 0 fully saturated rings. The molecule has 2 aromatic carbocycles. The Morgan fingerprint density at radius 3 is 2.16 bits per heavy atom. The Morgan fingerprint density at radius 1 is 0.906 bits per heavy atom. The van der Waals surface area contributed by atoms with Crippen molar-refractivity contribution in [3.63, 3.8) is 0 Å². The number of methoxy groups -OCH3 is 2. The van der Waals surface area contributed by atoms with E-state index in [0.717, 1.165) is 17.5 Å².